The Labute approximate surface area is 188 Å². The van der Waals surface area contributed by atoms with E-state index in [4.69, 9.17) is 4.98 Å². The number of benzene rings is 3. The summed E-state index contributed by atoms with van der Waals surface area (Å²) in [4.78, 5) is 18.3. The highest BCUT2D eigenvalue weighted by Gasteiger charge is 2.34. The van der Waals surface area contributed by atoms with E-state index >= 15 is 0 Å². The zero-order valence-corrected chi connectivity index (χ0v) is 18.8. The maximum Gasteiger partial charge on any atom is 0.255 e. The standard InChI is InChI=1S/C25H21BrN4O/c1-15-10-12-19(13-11-15)28-24(31)22-16(2)27-25-29-20-8-3-4-9-21(20)30(25)23(22)17-6-5-7-18(26)14-17/h3-14,23H,1-2H3,(H,27,29)(H,28,31)/t23-/m0/s1. The second kappa shape index (κ2) is 7.71. The smallest absolute Gasteiger partial charge is 0.255 e. The number of halogens is 1. The fourth-order valence-electron chi connectivity index (χ4n) is 4.09. The van der Waals surface area contributed by atoms with Gasteiger partial charge in [-0.2, -0.15) is 0 Å². The third kappa shape index (κ3) is 3.53. The molecule has 0 spiro atoms. The predicted molar refractivity (Wildman–Crippen MR) is 128 cm³/mol. The number of hydrogen-bond donors (Lipinski definition) is 2. The van der Waals surface area contributed by atoms with Gasteiger partial charge in [0.25, 0.3) is 5.91 Å². The molecular formula is C25H21BrN4O. The SMILES string of the molecule is CC1=C(C(=O)Nc2ccc(C)cc2)[C@H](c2cccc(Br)c2)n2c(nc3ccccc32)N1. The Morgan fingerprint density at radius 1 is 1.03 bits per heavy atom. The highest BCUT2D eigenvalue weighted by Crippen LogP contribution is 2.40. The lowest BCUT2D eigenvalue weighted by atomic mass is 9.94. The van der Waals surface area contributed by atoms with Crippen LogP contribution in [0.5, 0.6) is 0 Å². The van der Waals surface area contributed by atoms with Crippen LogP contribution in [-0.2, 0) is 4.79 Å². The summed E-state index contributed by atoms with van der Waals surface area (Å²) < 4.78 is 3.07. The molecule has 0 radical (unpaired) electrons. The predicted octanol–water partition coefficient (Wildman–Crippen LogP) is 6.03. The van der Waals surface area contributed by atoms with Gasteiger partial charge in [-0.25, -0.2) is 4.98 Å². The maximum absolute atomic E-state index is 13.5. The van der Waals surface area contributed by atoms with E-state index in [2.05, 4.69) is 37.2 Å². The zero-order valence-electron chi connectivity index (χ0n) is 17.2. The summed E-state index contributed by atoms with van der Waals surface area (Å²) in [5.74, 6) is 0.595. The average molecular weight is 473 g/mol. The number of fused-ring (bicyclic) bond motifs is 3. The van der Waals surface area contributed by atoms with E-state index in [0.717, 1.165) is 44.0 Å². The molecule has 1 amide bonds. The number of hydrogen-bond acceptors (Lipinski definition) is 3. The molecule has 0 aliphatic carbocycles. The van der Waals surface area contributed by atoms with Gasteiger partial charge >= 0.3 is 0 Å². The number of aryl methyl sites for hydroxylation is 1. The van der Waals surface area contributed by atoms with E-state index in [0.29, 0.717) is 5.57 Å². The molecule has 4 aromatic rings. The van der Waals surface area contributed by atoms with Crippen LogP contribution in [0.25, 0.3) is 11.0 Å². The third-order valence-electron chi connectivity index (χ3n) is 5.55. The molecule has 6 heteroatoms. The van der Waals surface area contributed by atoms with Gasteiger partial charge in [-0.1, -0.05) is 57.9 Å². The molecule has 1 aliphatic heterocycles. The van der Waals surface area contributed by atoms with Gasteiger partial charge in [-0.05, 0) is 55.8 Å². The highest BCUT2D eigenvalue weighted by molar-refractivity contribution is 9.10. The molecule has 5 rings (SSSR count). The van der Waals surface area contributed by atoms with Crippen molar-refractivity contribution in [2.75, 3.05) is 10.6 Å². The molecule has 0 bridgehead atoms. The van der Waals surface area contributed by atoms with Gasteiger partial charge in [0.2, 0.25) is 5.95 Å². The van der Waals surface area contributed by atoms with Crippen LogP contribution in [-0.4, -0.2) is 15.5 Å². The Hall–Kier alpha value is -3.38. The van der Waals surface area contributed by atoms with Crippen molar-refractivity contribution in [3.63, 3.8) is 0 Å². The summed E-state index contributed by atoms with van der Waals surface area (Å²) in [5, 5.41) is 6.42. The Morgan fingerprint density at radius 2 is 1.81 bits per heavy atom. The van der Waals surface area contributed by atoms with Crippen LogP contribution in [0.2, 0.25) is 0 Å². The van der Waals surface area contributed by atoms with Crippen molar-refractivity contribution in [2.45, 2.75) is 19.9 Å². The van der Waals surface area contributed by atoms with Crippen LogP contribution >= 0.6 is 15.9 Å². The summed E-state index contributed by atoms with van der Waals surface area (Å²) in [5.41, 5.74) is 6.24. The minimum absolute atomic E-state index is 0.137. The normalized spacial score (nSPS) is 15.5. The van der Waals surface area contributed by atoms with Crippen molar-refractivity contribution in [1.82, 2.24) is 9.55 Å². The molecule has 5 nitrogen and oxygen atoms in total. The van der Waals surface area contributed by atoms with Crippen LogP contribution in [0.4, 0.5) is 11.6 Å². The number of imidazole rings is 1. The fourth-order valence-corrected chi connectivity index (χ4v) is 4.50. The van der Waals surface area contributed by atoms with Crippen molar-refractivity contribution in [3.05, 3.63) is 99.7 Å². The van der Waals surface area contributed by atoms with E-state index < -0.39 is 0 Å². The largest absolute Gasteiger partial charge is 0.329 e. The van der Waals surface area contributed by atoms with Gasteiger partial charge in [0.1, 0.15) is 0 Å². The molecule has 0 saturated heterocycles. The lowest BCUT2D eigenvalue weighted by molar-refractivity contribution is -0.113. The van der Waals surface area contributed by atoms with Crippen molar-refractivity contribution in [1.29, 1.82) is 0 Å². The van der Waals surface area contributed by atoms with Crippen molar-refractivity contribution < 1.29 is 4.79 Å². The monoisotopic (exact) mass is 472 g/mol. The van der Waals surface area contributed by atoms with E-state index in [-0.39, 0.29) is 11.9 Å². The topological polar surface area (TPSA) is 59.0 Å². The molecule has 2 heterocycles. The molecule has 1 atom stereocenters. The molecule has 1 aromatic heterocycles. The molecule has 31 heavy (non-hydrogen) atoms. The first kappa shape index (κ1) is 19.6. The van der Waals surface area contributed by atoms with E-state index in [1.165, 1.54) is 0 Å². The molecule has 3 aromatic carbocycles. The average Bonchev–Trinajstić information content (AvgIpc) is 3.12. The number of rotatable bonds is 3. The summed E-state index contributed by atoms with van der Waals surface area (Å²) in [6.45, 7) is 3.95. The summed E-state index contributed by atoms with van der Waals surface area (Å²) in [6.07, 6.45) is 0. The third-order valence-corrected chi connectivity index (χ3v) is 6.04. The van der Waals surface area contributed by atoms with Gasteiger partial charge in [-0.3, -0.25) is 9.36 Å². The van der Waals surface area contributed by atoms with Crippen molar-refractivity contribution >= 4 is 44.5 Å². The van der Waals surface area contributed by atoms with Crippen LogP contribution in [0.1, 0.15) is 24.1 Å². The maximum atomic E-state index is 13.5. The minimum atomic E-state index is -0.313. The van der Waals surface area contributed by atoms with Gasteiger partial charge in [0.15, 0.2) is 0 Å². The molecule has 0 saturated carbocycles. The first-order valence-corrected chi connectivity index (χ1v) is 10.9. The lowest BCUT2D eigenvalue weighted by Gasteiger charge is -2.31. The quantitative estimate of drug-likeness (QED) is 0.382. The lowest BCUT2D eigenvalue weighted by Crippen LogP contribution is -2.30. The first-order chi connectivity index (χ1) is 15.0. The number of anilines is 2. The Kier molecular flexibility index (Phi) is 4.87. The number of amides is 1. The molecule has 1 aliphatic rings. The summed E-state index contributed by atoms with van der Waals surface area (Å²) in [6, 6.07) is 23.6. The van der Waals surface area contributed by atoms with Crippen molar-refractivity contribution in [3.8, 4) is 0 Å². The Bertz CT molecular complexity index is 1340. The zero-order chi connectivity index (χ0) is 21.5. The number of aromatic nitrogens is 2. The molecule has 2 N–H and O–H groups in total. The fraction of sp³-hybridized carbons (Fsp3) is 0.120. The number of carbonyl (C=O) groups is 1. The van der Waals surface area contributed by atoms with Gasteiger partial charge < -0.3 is 10.6 Å². The molecule has 0 unspecified atom stereocenters. The molecule has 0 fully saturated rings. The van der Waals surface area contributed by atoms with Crippen LogP contribution in [0.15, 0.2) is 88.5 Å². The molecule has 154 valence electrons. The highest BCUT2D eigenvalue weighted by atomic mass is 79.9. The number of nitrogens with one attached hydrogen (secondary N) is 2. The Morgan fingerprint density at radius 3 is 2.58 bits per heavy atom. The van der Waals surface area contributed by atoms with Crippen molar-refractivity contribution in [2.24, 2.45) is 0 Å². The summed E-state index contributed by atoms with van der Waals surface area (Å²) in [7, 11) is 0. The van der Waals surface area contributed by atoms with E-state index in [1.54, 1.807) is 0 Å². The molecular weight excluding hydrogens is 452 g/mol. The van der Waals surface area contributed by atoms with Gasteiger partial charge in [-0.15, -0.1) is 0 Å². The van der Waals surface area contributed by atoms with Gasteiger partial charge in [0.05, 0.1) is 22.6 Å². The second-order valence-electron chi connectivity index (χ2n) is 7.74. The van der Waals surface area contributed by atoms with Crippen LogP contribution in [0, 0.1) is 6.92 Å². The number of para-hydroxylation sites is 2. The van der Waals surface area contributed by atoms with E-state index in [9.17, 15) is 4.79 Å². The first-order valence-electron chi connectivity index (χ1n) is 10.1. The van der Waals surface area contributed by atoms with E-state index in [1.807, 2.05) is 80.6 Å². The van der Waals surface area contributed by atoms with Crippen LogP contribution in [0.3, 0.4) is 0 Å². The van der Waals surface area contributed by atoms with Gasteiger partial charge in [0, 0.05) is 15.9 Å². The Balaban J connectivity index is 1.66. The van der Waals surface area contributed by atoms with Crippen LogP contribution < -0.4 is 10.6 Å². The summed E-state index contributed by atoms with van der Waals surface area (Å²) >= 11 is 3.58. The number of allylic oxidation sites excluding steroid dienone is 1. The number of carbonyl (C=O) groups excluding carboxylic acids is 1. The minimum Gasteiger partial charge on any atom is -0.329 e. The second-order valence-corrected chi connectivity index (χ2v) is 8.65. The number of nitrogens with zero attached hydrogens (tertiary/aromatic N) is 2.